The molecule has 0 spiro atoms. The van der Waals surface area contributed by atoms with Gasteiger partial charge in [0.15, 0.2) is 9.84 Å². The van der Waals surface area contributed by atoms with Crippen molar-refractivity contribution in [3.05, 3.63) is 63.6 Å². The molecule has 0 aliphatic heterocycles. The van der Waals surface area contributed by atoms with Gasteiger partial charge in [-0.25, -0.2) is 8.42 Å². The third kappa shape index (κ3) is 4.96. The summed E-state index contributed by atoms with van der Waals surface area (Å²) in [6, 6.07) is 11.1. The molecular weight excluding hydrogens is 357 g/mol. The second-order valence-corrected chi connectivity index (χ2v) is 7.90. The van der Waals surface area contributed by atoms with Crippen LogP contribution in [0.3, 0.4) is 0 Å². The van der Waals surface area contributed by atoms with E-state index in [4.69, 9.17) is 23.2 Å². The third-order valence-electron chi connectivity index (χ3n) is 3.22. The maximum Gasteiger partial charge on any atom is 0.251 e. The lowest BCUT2D eigenvalue weighted by molar-refractivity contribution is 0.0954. The van der Waals surface area contributed by atoms with Crippen LogP contribution in [0.1, 0.15) is 15.9 Å². The number of carbonyl (C=O) groups is 1. The quantitative estimate of drug-likeness (QED) is 0.875. The van der Waals surface area contributed by atoms with Gasteiger partial charge in [-0.2, -0.15) is 0 Å². The van der Waals surface area contributed by atoms with Crippen LogP contribution in [0.25, 0.3) is 0 Å². The summed E-state index contributed by atoms with van der Waals surface area (Å²) in [6.07, 6.45) is 1.65. The Morgan fingerprint density at radius 1 is 1.13 bits per heavy atom. The van der Waals surface area contributed by atoms with Crippen molar-refractivity contribution in [2.45, 2.75) is 11.3 Å². The molecular formula is C16H15Cl2NO3S. The van der Waals surface area contributed by atoms with E-state index in [0.29, 0.717) is 28.6 Å². The first kappa shape index (κ1) is 17.8. The molecule has 0 radical (unpaired) electrons. The zero-order valence-electron chi connectivity index (χ0n) is 12.3. The standard InChI is InChI=1S/C16H15Cl2NO3S/c1-23(21,22)14-4-2-3-12(9-14)16(20)19-8-7-11-5-6-13(17)10-15(11)18/h2-6,9-10H,7-8H2,1H3,(H,19,20). The van der Waals surface area contributed by atoms with Crippen molar-refractivity contribution in [3.63, 3.8) is 0 Å². The first-order valence-electron chi connectivity index (χ1n) is 6.79. The van der Waals surface area contributed by atoms with Crippen molar-refractivity contribution < 1.29 is 13.2 Å². The van der Waals surface area contributed by atoms with Gasteiger partial charge in [0, 0.05) is 28.4 Å². The summed E-state index contributed by atoms with van der Waals surface area (Å²) in [6.45, 7) is 0.378. The normalized spacial score (nSPS) is 11.3. The molecule has 0 fully saturated rings. The number of halogens is 2. The van der Waals surface area contributed by atoms with Crippen molar-refractivity contribution in [1.82, 2.24) is 5.32 Å². The highest BCUT2D eigenvalue weighted by Gasteiger charge is 2.11. The monoisotopic (exact) mass is 371 g/mol. The molecule has 2 rings (SSSR count). The van der Waals surface area contributed by atoms with E-state index >= 15 is 0 Å². The summed E-state index contributed by atoms with van der Waals surface area (Å²) in [5, 5.41) is 3.85. The minimum atomic E-state index is -3.34. The van der Waals surface area contributed by atoms with Gasteiger partial charge in [-0.1, -0.05) is 35.3 Å². The van der Waals surface area contributed by atoms with Crippen molar-refractivity contribution in [2.24, 2.45) is 0 Å². The Hall–Kier alpha value is -1.56. The highest BCUT2D eigenvalue weighted by molar-refractivity contribution is 7.90. The van der Waals surface area contributed by atoms with Gasteiger partial charge in [-0.3, -0.25) is 4.79 Å². The number of nitrogens with one attached hydrogen (secondary N) is 1. The number of carbonyl (C=O) groups excluding carboxylic acids is 1. The second kappa shape index (κ2) is 7.34. The highest BCUT2D eigenvalue weighted by Crippen LogP contribution is 2.21. The summed E-state index contributed by atoms with van der Waals surface area (Å²) in [5.74, 6) is -0.333. The van der Waals surface area contributed by atoms with Crippen LogP contribution in [0.4, 0.5) is 0 Å². The lowest BCUT2D eigenvalue weighted by atomic mass is 10.1. The van der Waals surface area contributed by atoms with Gasteiger partial charge >= 0.3 is 0 Å². The molecule has 0 aromatic heterocycles. The molecule has 0 saturated heterocycles. The van der Waals surface area contributed by atoms with Crippen LogP contribution in [-0.4, -0.2) is 27.1 Å². The van der Waals surface area contributed by atoms with Crippen LogP contribution < -0.4 is 5.32 Å². The summed E-state index contributed by atoms with van der Waals surface area (Å²) >= 11 is 11.9. The number of sulfone groups is 1. The molecule has 1 amide bonds. The minimum absolute atomic E-state index is 0.117. The number of hydrogen-bond acceptors (Lipinski definition) is 3. The first-order chi connectivity index (χ1) is 10.8. The van der Waals surface area contributed by atoms with Gasteiger partial charge in [0.05, 0.1) is 4.90 Å². The maximum absolute atomic E-state index is 12.1. The number of hydrogen-bond donors (Lipinski definition) is 1. The van der Waals surface area contributed by atoms with Crippen LogP contribution in [0.15, 0.2) is 47.4 Å². The van der Waals surface area contributed by atoms with E-state index in [-0.39, 0.29) is 10.8 Å². The van der Waals surface area contributed by atoms with Crippen molar-refractivity contribution in [1.29, 1.82) is 0 Å². The molecule has 122 valence electrons. The van der Waals surface area contributed by atoms with E-state index in [9.17, 15) is 13.2 Å². The van der Waals surface area contributed by atoms with Crippen LogP contribution >= 0.6 is 23.2 Å². The Labute approximate surface area is 145 Å². The predicted molar refractivity (Wildman–Crippen MR) is 92.1 cm³/mol. The average Bonchev–Trinajstić information content (AvgIpc) is 2.48. The Morgan fingerprint density at radius 2 is 1.87 bits per heavy atom. The molecule has 1 N–H and O–H groups in total. The molecule has 0 unspecified atom stereocenters. The molecule has 0 heterocycles. The molecule has 23 heavy (non-hydrogen) atoms. The lowest BCUT2D eigenvalue weighted by Crippen LogP contribution is -2.25. The maximum atomic E-state index is 12.1. The smallest absolute Gasteiger partial charge is 0.251 e. The first-order valence-corrected chi connectivity index (χ1v) is 9.44. The lowest BCUT2D eigenvalue weighted by Gasteiger charge is -2.08. The molecule has 2 aromatic carbocycles. The van der Waals surface area contributed by atoms with E-state index in [2.05, 4.69) is 5.32 Å². The highest BCUT2D eigenvalue weighted by atomic mass is 35.5. The number of benzene rings is 2. The Kier molecular flexibility index (Phi) is 5.68. The van der Waals surface area contributed by atoms with E-state index in [1.807, 2.05) is 0 Å². The topological polar surface area (TPSA) is 63.2 Å². The number of rotatable bonds is 5. The van der Waals surface area contributed by atoms with E-state index in [1.165, 1.54) is 12.1 Å². The fraction of sp³-hybridized carbons (Fsp3) is 0.188. The van der Waals surface area contributed by atoms with E-state index in [1.54, 1.807) is 30.3 Å². The molecule has 0 atom stereocenters. The summed E-state index contributed by atoms with van der Waals surface area (Å²) in [4.78, 5) is 12.2. The SMILES string of the molecule is CS(=O)(=O)c1cccc(C(=O)NCCc2ccc(Cl)cc2Cl)c1. The zero-order valence-corrected chi connectivity index (χ0v) is 14.7. The Balaban J connectivity index is 2.00. The van der Waals surface area contributed by atoms with Crippen molar-refractivity contribution in [2.75, 3.05) is 12.8 Å². The minimum Gasteiger partial charge on any atom is -0.352 e. The van der Waals surface area contributed by atoms with Crippen molar-refractivity contribution in [3.8, 4) is 0 Å². The molecule has 0 aliphatic carbocycles. The fourth-order valence-electron chi connectivity index (χ4n) is 2.01. The van der Waals surface area contributed by atoms with Gasteiger partial charge in [0.2, 0.25) is 0 Å². The van der Waals surface area contributed by atoms with Crippen LogP contribution in [0, 0.1) is 0 Å². The molecule has 0 bridgehead atoms. The van der Waals surface area contributed by atoms with Gasteiger partial charge in [-0.05, 0) is 42.3 Å². The Morgan fingerprint density at radius 3 is 2.52 bits per heavy atom. The van der Waals surface area contributed by atoms with Gasteiger partial charge in [0.25, 0.3) is 5.91 Å². The molecule has 2 aromatic rings. The van der Waals surface area contributed by atoms with Gasteiger partial charge in [0.1, 0.15) is 0 Å². The predicted octanol–water partition coefficient (Wildman–Crippen LogP) is 3.37. The molecule has 0 aliphatic rings. The Bertz CT molecular complexity index is 835. The molecule has 7 heteroatoms. The van der Waals surface area contributed by atoms with Gasteiger partial charge < -0.3 is 5.32 Å². The van der Waals surface area contributed by atoms with Crippen LogP contribution in [-0.2, 0) is 16.3 Å². The number of amides is 1. The van der Waals surface area contributed by atoms with Crippen LogP contribution in [0.5, 0.6) is 0 Å². The summed E-state index contributed by atoms with van der Waals surface area (Å²) in [5.41, 5.74) is 1.18. The summed E-state index contributed by atoms with van der Waals surface area (Å²) in [7, 11) is -3.34. The summed E-state index contributed by atoms with van der Waals surface area (Å²) < 4.78 is 23.0. The fourth-order valence-corrected chi connectivity index (χ4v) is 3.17. The van der Waals surface area contributed by atoms with Crippen molar-refractivity contribution >= 4 is 38.9 Å². The average molecular weight is 372 g/mol. The largest absolute Gasteiger partial charge is 0.352 e. The zero-order chi connectivity index (χ0) is 17.0. The molecule has 4 nitrogen and oxygen atoms in total. The third-order valence-corrected chi connectivity index (χ3v) is 4.92. The van der Waals surface area contributed by atoms with Crippen LogP contribution in [0.2, 0.25) is 10.0 Å². The van der Waals surface area contributed by atoms with E-state index < -0.39 is 9.84 Å². The van der Waals surface area contributed by atoms with E-state index in [0.717, 1.165) is 11.8 Å². The van der Waals surface area contributed by atoms with Gasteiger partial charge in [-0.15, -0.1) is 0 Å². The molecule has 0 saturated carbocycles. The second-order valence-electron chi connectivity index (χ2n) is 5.04.